The van der Waals surface area contributed by atoms with Crippen LogP contribution in [-0.4, -0.2) is 12.6 Å². The van der Waals surface area contributed by atoms with Crippen molar-refractivity contribution in [2.24, 2.45) is 0 Å². The number of hydrogen-bond donors (Lipinski definition) is 2. The van der Waals surface area contributed by atoms with Crippen molar-refractivity contribution in [2.45, 2.75) is 32.6 Å². The molecular weight excluding hydrogens is 376 g/mol. The molecule has 0 spiro atoms. The molecule has 0 aliphatic carbocycles. The first-order chi connectivity index (χ1) is 14.5. The Kier molecular flexibility index (Phi) is 7.33. The molecule has 156 valence electrons. The molecule has 0 aliphatic heterocycles. The van der Waals surface area contributed by atoms with Crippen LogP contribution >= 0.6 is 0 Å². The minimum Gasteiger partial charge on any atom is -0.494 e. The molecule has 0 atom stereocenters. The van der Waals surface area contributed by atoms with Gasteiger partial charge in [-0.05, 0) is 60.0 Å². The lowest BCUT2D eigenvalue weighted by atomic mass is 10.1. The second kappa shape index (κ2) is 10.3. The van der Waals surface area contributed by atoms with Crippen molar-refractivity contribution in [2.75, 3.05) is 18.1 Å². The number of anilines is 2. The number of nitrogens with two attached hydrogens (primary N) is 2. The summed E-state index contributed by atoms with van der Waals surface area (Å²) in [6.45, 7) is 2.95. The number of benzene rings is 3. The summed E-state index contributed by atoms with van der Waals surface area (Å²) in [7, 11) is 0. The molecular formula is C25H28N2O3. The van der Waals surface area contributed by atoms with Gasteiger partial charge in [-0.1, -0.05) is 50.5 Å². The zero-order valence-electron chi connectivity index (χ0n) is 17.3. The minimum absolute atomic E-state index is 0.321. The fraction of sp³-hybridized carbons (Fsp3) is 0.240. The molecule has 0 bridgehead atoms. The molecule has 0 aromatic heterocycles. The second-order valence-corrected chi connectivity index (χ2v) is 7.24. The van der Waals surface area contributed by atoms with Gasteiger partial charge in [0.15, 0.2) is 0 Å². The molecule has 0 amide bonds. The van der Waals surface area contributed by atoms with Crippen molar-refractivity contribution >= 4 is 17.3 Å². The van der Waals surface area contributed by atoms with Crippen molar-refractivity contribution in [1.82, 2.24) is 0 Å². The van der Waals surface area contributed by atoms with Gasteiger partial charge in [-0.2, -0.15) is 0 Å². The highest BCUT2D eigenvalue weighted by Gasteiger charge is 2.10. The van der Waals surface area contributed by atoms with E-state index in [4.69, 9.17) is 20.9 Å². The van der Waals surface area contributed by atoms with Crippen LogP contribution in [0.4, 0.5) is 11.4 Å². The first-order valence-electron chi connectivity index (χ1n) is 10.3. The lowest BCUT2D eigenvalue weighted by Gasteiger charge is -2.09. The third-order valence-electron chi connectivity index (χ3n) is 4.73. The predicted octanol–water partition coefficient (Wildman–Crippen LogP) is 5.70. The van der Waals surface area contributed by atoms with E-state index in [0.29, 0.717) is 22.7 Å². The van der Waals surface area contributed by atoms with Crippen molar-refractivity contribution in [3.05, 3.63) is 72.3 Å². The van der Waals surface area contributed by atoms with Gasteiger partial charge in [-0.3, -0.25) is 0 Å². The molecule has 4 N–H and O–H groups in total. The number of esters is 1. The third kappa shape index (κ3) is 6.01. The van der Waals surface area contributed by atoms with E-state index in [-0.39, 0.29) is 0 Å². The fourth-order valence-electron chi connectivity index (χ4n) is 3.14. The smallest absolute Gasteiger partial charge is 0.343 e. The van der Waals surface area contributed by atoms with E-state index in [1.807, 2.05) is 36.4 Å². The third-order valence-corrected chi connectivity index (χ3v) is 4.73. The maximum Gasteiger partial charge on any atom is 0.343 e. The summed E-state index contributed by atoms with van der Waals surface area (Å²) in [6.07, 6.45) is 4.76. The number of ether oxygens (including phenoxy) is 2. The Balaban J connectivity index is 1.58. The number of nitrogen functional groups attached to an aromatic ring is 2. The monoisotopic (exact) mass is 404 g/mol. The summed E-state index contributed by atoms with van der Waals surface area (Å²) in [5.74, 6) is 0.834. The normalized spacial score (nSPS) is 10.6. The molecule has 5 heteroatoms. The first-order valence-corrected chi connectivity index (χ1v) is 10.3. The number of unbranched alkanes of at least 4 members (excludes halogenated alkanes) is 3. The van der Waals surface area contributed by atoms with Crippen LogP contribution in [0.15, 0.2) is 66.7 Å². The highest BCUT2D eigenvalue weighted by molar-refractivity contribution is 5.93. The van der Waals surface area contributed by atoms with Gasteiger partial charge in [0.25, 0.3) is 0 Å². The molecule has 0 heterocycles. The van der Waals surface area contributed by atoms with Crippen molar-refractivity contribution < 1.29 is 14.3 Å². The van der Waals surface area contributed by atoms with Gasteiger partial charge in [0, 0.05) is 11.4 Å². The average molecular weight is 405 g/mol. The lowest BCUT2D eigenvalue weighted by molar-refractivity contribution is 0.0735. The van der Waals surface area contributed by atoms with E-state index in [2.05, 4.69) is 6.92 Å². The van der Waals surface area contributed by atoms with E-state index >= 15 is 0 Å². The Hall–Kier alpha value is -3.47. The SMILES string of the molecule is CCCCCCOc1ccc(-c2ccc(OC(=O)c3cc(N)cc(N)c3)cc2)cc1. The van der Waals surface area contributed by atoms with Crippen molar-refractivity contribution in [1.29, 1.82) is 0 Å². The van der Waals surface area contributed by atoms with Gasteiger partial charge in [0.2, 0.25) is 0 Å². The van der Waals surface area contributed by atoms with E-state index in [1.165, 1.54) is 19.3 Å². The van der Waals surface area contributed by atoms with Crippen LogP contribution in [-0.2, 0) is 0 Å². The Labute approximate surface area is 177 Å². The van der Waals surface area contributed by atoms with Gasteiger partial charge in [0.05, 0.1) is 12.2 Å². The molecule has 0 unspecified atom stereocenters. The maximum absolute atomic E-state index is 12.3. The summed E-state index contributed by atoms with van der Waals surface area (Å²) >= 11 is 0. The summed E-state index contributed by atoms with van der Waals surface area (Å²) in [4.78, 5) is 12.3. The first kappa shape index (κ1) is 21.2. The Bertz CT molecular complexity index is 946. The van der Waals surface area contributed by atoms with Gasteiger partial charge in [-0.25, -0.2) is 4.79 Å². The highest BCUT2D eigenvalue weighted by atomic mass is 16.5. The van der Waals surface area contributed by atoms with Gasteiger partial charge in [-0.15, -0.1) is 0 Å². The number of carbonyl (C=O) groups excluding carboxylic acids is 1. The number of hydrogen-bond acceptors (Lipinski definition) is 5. The maximum atomic E-state index is 12.3. The van der Waals surface area contributed by atoms with E-state index in [9.17, 15) is 4.79 Å². The second-order valence-electron chi connectivity index (χ2n) is 7.24. The highest BCUT2D eigenvalue weighted by Crippen LogP contribution is 2.25. The Morgan fingerprint density at radius 2 is 1.33 bits per heavy atom. The summed E-state index contributed by atoms with van der Waals surface area (Å²) < 4.78 is 11.2. The molecule has 0 fully saturated rings. The van der Waals surface area contributed by atoms with Gasteiger partial charge < -0.3 is 20.9 Å². The molecule has 30 heavy (non-hydrogen) atoms. The predicted molar refractivity (Wildman–Crippen MR) is 122 cm³/mol. The van der Waals surface area contributed by atoms with Gasteiger partial charge >= 0.3 is 5.97 Å². The van der Waals surface area contributed by atoms with Crippen LogP contribution in [0.5, 0.6) is 11.5 Å². The van der Waals surface area contributed by atoms with Crippen LogP contribution in [0.2, 0.25) is 0 Å². The van der Waals surface area contributed by atoms with Crippen LogP contribution in [0.25, 0.3) is 11.1 Å². The van der Waals surface area contributed by atoms with Crippen LogP contribution < -0.4 is 20.9 Å². The summed E-state index contributed by atoms with van der Waals surface area (Å²) in [6, 6.07) is 20.0. The Morgan fingerprint density at radius 3 is 1.90 bits per heavy atom. The van der Waals surface area contributed by atoms with E-state index in [0.717, 1.165) is 29.9 Å². The number of rotatable bonds is 9. The average Bonchev–Trinajstić information content (AvgIpc) is 2.74. The van der Waals surface area contributed by atoms with E-state index in [1.54, 1.807) is 30.3 Å². The molecule has 3 aromatic carbocycles. The van der Waals surface area contributed by atoms with Crippen LogP contribution in [0.3, 0.4) is 0 Å². The zero-order valence-corrected chi connectivity index (χ0v) is 17.3. The molecule has 3 aromatic rings. The fourth-order valence-corrected chi connectivity index (χ4v) is 3.14. The molecule has 0 saturated heterocycles. The van der Waals surface area contributed by atoms with Crippen molar-refractivity contribution in [3.8, 4) is 22.6 Å². The molecule has 5 nitrogen and oxygen atoms in total. The van der Waals surface area contributed by atoms with Crippen LogP contribution in [0, 0.1) is 0 Å². The largest absolute Gasteiger partial charge is 0.494 e. The van der Waals surface area contributed by atoms with Crippen LogP contribution in [0.1, 0.15) is 43.0 Å². The molecule has 0 saturated carbocycles. The molecule has 3 rings (SSSR count). The Morgan fingerprint density at radius 1 is 0.767 bits per heavy atom. The standard InChI is InChI=1S/C25H28N2O3/c1-2-3-4-5-14-29-23-10-6-18(7-11-23)19-8-12-24(13-9-19)30-25(28)20-15-21(26)17-22(27)16-20/h6-13,15-17H,2-5,14,26-27H2,1H3. The summed E-state index contributed by atoms with van der Waals surface area (Å²) in [5.41, 5.74) is 14.7. The quantitative estimate of drug-likeness (QED) is 0.207. The lowest BCUT2D eigenvalue weighted by Crippen LogP contribution is -2.09. The summed E-state index contributed by atoms with van der Waals surface area (Å²) in [5, 5.41) is 0. The minimum atomic E-state index is -0.498. The van der Waals surface area contributed by atoms with Crippen molar-refractivity contribution in [3.63, 3.8) is 0 Å². The van der Waals surface area contributed by atoms with E-state index < -0.39 is 5.97 Å². The van der Waals surface area contributed by atoms with Gasteiger partial charge in [0.1, 0.15) is 11.5 Å². The number of carbonyl (C=O) groups is 1. The molecule has 0 radical (unpaired) electrons. The zero-order chi connectivity index (χ0) is 21.3. The topological polar surface area (TPSA) is 87.6 Å². The molecule has 0 aliphatic rings.